The molecule has 2 bridgehead atoms. The summed E-state index contributed by atoms with van der Waals surface area (Å²) in [5, 5.41) is 4.04. The minimum absolute atomic E-state index is 0.00186. The number of pyridine rings is 1. The van der Waals surface area contributed by atoms with Crippen LogP contribution in [0.3, 0.4) is 0 Å². The summed E-state index contributed by atoms with van der Waals surface area (Å²) >= 11 is 1.61. The van der Waals surface area contributed by atoms with Gasteiger partial charge >= 0.3 is 0 Å². The highest BCUT2D eigenvalue weighted by molar-refractivity contribution is 7.07. The molecule has 0 N–H and O–H groups in total. The molecular weight excluding hydrogens is 374 g/mol. The number of rotatable bonds is 5. The summed E-state index contributed by atoms with van der Waals surface area (Å²) < 4.78 is 6.21. The molecule has 0 radical (unpaired) electrons. The topological polar surface area (TPSA) is 62.7 Å². The molecule has 2 fully saturated rings. The minimum Gasteiger partial charge on any atom is -0.360 e. The van der Waals surface area contributed by atoms with Crippen molar-refractivity contribution in [2.45, 2.75) is 24.8 Å². The highest BCUT2D eigenvalue weighted by atomic mass is 32.1. The fraction of sp³-hybridized carbons (Fsp3) is 0.381. The maximum atomic E-state index is 13.3. The van der Waals surface area contributed by atoms with Crippen molar-refractivity contribution in [1.82, 2.24) is 14.8 Å². The van der Waals surface area contributed by atoms with E-state index in [1.54, 1.807) is 40.6 Å². The summed E-state index contributed by atoms with van der Waals surface area (Å²) in [7, 11) is 1.80. The van der Waals surface area contributed by atoms with Gasteiger partial charge in [0.15, 0.2) is 0 Å². The molecule has 0 saturated carbocycles. The van der Waals surface area contributed by atoms with Crippen LogP contribution in [0.4, 0.5) is 0 Å². The lowest BCUT2D eigenvalue weighted by Crippen LogP contribution is -2.44. The third-order valence-corrected chi connectivity index (χ3v) is 6.67. The fourth-order valence-electron chi connectivity index (χ4n) is 4.69. The zero-order valence-corrected chi connectivity index (χ0v) is 16.3. The molecule has 28 heavy (non-hydrogen) atoms. The maximum absolute atomic E-state index is 13.3. The molecule has 0 unspecified atom stereocenters. The summed E-state index contributed by atoms with van der Waals surface area (Å²) in [4.78, 5) is 34.1. The number of fused-ring (bicyclic) bond motifs is 1. The Labute approximate surface area is 167 Å². The smallest absolute Gasteiger partial charge is 0.230 e. The first-order valence-electron chi connectivity index (χ1n) is 9.38. The molecule has 3 aliphatic heterocycles. The van der Waals surface area contributed by atoms with Gasteiger partial charge in [0.05, 0.1) is 24.5 Å². The van der Waals surface area contributed by atoms with Crippen LogP contribution in [0.15, 0.2) is 53.5 Å². The van der Waals surface area contributed by atoms with Gasteiger partial charge in [0.25, 0.3) is 0 Å². The highest BCUT2D eigenvalue weighted by Crippen LogP contribution is 2.52. The molecule has 6 nitrogen and oxygen atoms in total. The van der Waals surface area contributed by atoms with Gasteiger partial charge < -0.3 is 14.5 Å². The van der Waals surface area contributed by atoms with Crippen LogP contribution in [0.1, 0.15) is 11.1 Å². The number of amides is 2. The predicted octanol–water partition coefficient (Wildman–Crippen LogP) is 2.08. The highest BCUT2D eigenvalue weighted by Gasteiger charge is 2.67. The molecule has 0 aromatic carbocycles. The van der Waals surface area contributed by atoms with E-state index in [9.17, 15) is 9.59 Å². The van der Waals surface area contributed by atoms with Crippen LogP contribution in [-0.2, 0) is 27.4 Å². The predicted molar refractivity (Wildman–Crippen MR) is 104 cm³/mol. The summed E-state index contributed by atoms with van der Waals surface area (Å²) in [6, 6.07) is 5.84. The van der Waals surface area contributed by atoms with E-state index < -0.39 is 17.4 Å². The quantitative estimate of drug-likeness (QED) is 0.728. The van der Waals surface area contributed by atoms with E-state index in [0.29, 0.717) is 19.6 Å². The SMILES string of the molecule is CN(Cc1ccsc1)C(=O)[C@H]1[C@@H]2C=C[C@@]3(CN(Cc4cccnc4)C(=O)[C@@H]13)O2. The monoisotopic (exact) mass is 395 g/mol. The van der Waals surface area contributed by atoms with E-state index in [4.69, 9.17) is 4.74 Å². The Balaban J connectivity index is 1.37. The Kier molecular flexibility index (Phi) is 4.10. The molecular formula is C21H21N3O3S. The maximum Gasteiger partial charge on any atom is 0.230 e. The number of ether oxygens (including phenoxy) is 1. The minimum atomic E-state index is -0.673. The van der Waals surface area contributed by atoms with Crippen LogP contribution in [0, 0.1) is 11.8 Å². The molecule has 3 aliphatic rings. The van der Waals surface area contributed by atoms with Gasteiger partial charge in [-0.2, -0.15) is 11.3 Å². The molecule has 7 heteroatoms. The van der Waals surface area contributed by atoms with Crippen LogP contribution in [-0.4, -0.2) is 51.9 Å². The van der Waals surface area contributed by atoms with Crippen molar-refractivity contribution < 1.29 is 14.3 Å². The number of carbonyl (C=O) groups is 2. The summed E-state index contributed by atoms with van der Waals surface area (Å²) in [6.45, 7) is 1.51. The molecule has 5 rings (SSSR count). The van der Waals surface area contributed by atoms with Crippen LogP contribution in [0.5, 0.6) is 0 Å². The van der Waals surface area contributed by atoms with E-state index in [0.717, 1.165) is 11.1 Å². The number of aromatic nitrogens is 1. The van der Waals surface area contributed by atoms with Gasteiger partial charge in [-0.15, -0.1) is 0 Å². The second kappa shape index (κ2) is 6.53. The zero-order chi connectivity index (χ0) is 19.3. The zero-order valence-electron chi connectivity index (χ0n) is 15.5. The van der Waals surface area contributed by atoms with Gasteiger partial charge in [0.1, 0.15) is 5.60 Å². The standard InChI is InChI=1S/C21H21N3O3S/c1-23(10-15-5-8-28-12-15)19(25)17-16-4-6-21(27-16)13-24(20(26)18(17)21)11-14-3-2-7-22-9-14/h2-9,12,16-18H,10-11,13H2,1H3/t16-,17-,18+,21-/m0/s1. The number of thiophene rings is 1. The number of carbonyl (C=O) groups excluding carboxylic acids is 2. The van der Waals surface area contributed by atoms with Gasteiger partial charge in [0.2, 0.25) is 11.8 Å². The molecule has 0 aliphatic carbocycles. The van der Waals surface area contributed by atoms with E-state index in [2.05, 4.69) is 4.98 Å². The number of hydrogen-bond acceptors (Lipinski definition) is 5. The van der Waals surface area contributed by atoms with Gasteiger partial charge in [-0.05, 0) is 34.0 Å². The number of nitrogens with zero attached hydrogens (tertiary/aromatic N) is 3. The molecule has 4 atom stereocenters. The second-order valence-electron chi connectivity index (χ2n) is 7.78. The number of likely N-dealkylation sites (tertiary alicyclic amines) is 1. The lowest BCUT2D eigenvalue weighted by molar-refractivity contribution is -0.142. The van der Waals surface area contributed by atoms with E-state index >= 15 is 0 Å². The van der Waals surface area contributed by atoms with Crippen LogP contribution < -0.4 is 0 Å². The van der Waals surface area contributed by atoms with Crippen molar-refractivity contribution in [2.75, 3.05) is 13.6 Å². The van der Waals surface area contributed by atoms with E-state index in [-0.39, 0.29) is 17.9 Å². The third-order valence-electron chi connectivity index (χ3n) is 5.94. The van der Waals surface area contributed by atoms with Crippen molar-refractivity contribution >= 4 is 23.2 Å². The molecule has 2 aromatic heterocycles. The largest absolute Gasteiger partial charge is 0.360 e. The Bertz CT molecular complexity index is 930. The van der Waals surface area contributed by atoms with E-state index in [1.807, 2.05) is 41.1 Å². The van der Waals surface area contributed by atoms with Gasteiger partial charge in [-0.3, -0.25) is 14.6 Å². The Morgan fingerprint density at radius 3 is 3.07 bits per heavy atom. The first kappa shape index (κ1) is 17.6. The fourth-order valence-corrected chi connectivity index (χ4v) is 5.35. The Hall–Kier alpha value is -2.51. The Morgan fingerprint density at radius 1 is 1.43 bits per heavy atom. The second-order valence-corrected chi connectivity index (χ2v) is 8.56. The Morgan fingerprint density at radius 2 is 2.32 bits per heavy atom. The normalized spacial score (nSPS) is 30.1. The van der Waals surface area contributed by atoms with Gasteiger partial charge in [0, 0.05) is 32.5 Å². The van der Waals surface area contributed by atoms with E-state index in [1.165, 1.54) is 0 Å². The molecule has 144 valence electrons. The van der Waals surface area contributed by atoms with Crippen molar-refractivity contribution in [1.29, 1.82) is 0 Å². The van der Waals surface area contributed by atoms with Gasteiger partial charge in [-0.25, -0.2) is 0 Å². The lowest BCUT2D eigenvalue weighted by atomic mass is 9.76. The molecule has 2 amide bonds. The molecule has 2 aromatic rings. The lowest BCUT2D eigenvalue weighted by Gasteiger charge is -2.27. The summed E-state index contributed by atoms with van der Waals surface area (Å²) in [5.74, 6) is -0.932. The average Bonchev–Trinajstić information content (AvgIpc) is 3.45. The molecule has 1 spiro atoms. The molecule has 2 saturated heterocycles. The van der Waals surface area contributed by atoms with Crippen molar-refractivity contribution in [3.8, 4) is 0 Å². The van der Waals surface area contributed by atoms with Crippen LogP contribution in [0.25, 0.3) is 0 Å². The third kappa shape index (κ3) is 2.69. The number of hydrogen-bond donors (Lipinski definition) is 0. The summed E-state index contributed by atoms with van der Waals surface area (Å²) in [5.41, 5.74) is 1.40. The average molecular weight is 395 g/mol. The van der Waals surface area contributed by atoms with Crippen molar-refractivity contribution in [3.05, 3.63) is 64.6 Å². The first-order valence-corrected chi connectivity index (χ1v) is 10.3. The van der Waals surface area contributed by atoms with Gasteiger partial charge in [-0.1, -0.05) is 18.2 Å². The van der Waals surface area contributed by atoms with Crippen molar-refractivity contribution in [3.63, 3.8) is 0 Å². The van der Waals surface area contributed by atoms with Crippen LogP contribution >= 0.6 is 11.3 Å². The first-order chi connectivity index (χ1) is 13.6. The van der Waals surface area contributed by atoms with Crippen molar-refractivity contribution in [2.24, 2.45) is 11.8 Å². The molecule has 5 heterocycles. The summed E-state index contributed by atoms with van der Waals surface area (Å²) in [6.07, 6.45) is 7.12. The van der Waals surface area contributed by atoms with Crippen LogP contribution in [0.2, 0.25) is 0 Å².